The molecule has 1 atom stereocenters. The normalized spacial score (nSPS) is 13.5. The summed E-state index contributed by atoms with van der Waals surface area (Å²) >= 11 is 0. The van der Waals surface area contributed by atoms with Crippen molar-refractivity contribution < 1.29 is 17.4 Å². The molecule has 0 bridgehead atoms. The lowest BCUT2D eigenvalue weighted by Gasteiger charge is -2.22. The molecule has 0 rings (SSSR count). The van der Waals surface area contributed by atoms with Crippen LogP contribution in [-0.2, 0) is 10.1 Å². The fourth-order valence-electron chi connectivity index (χ4n) is 4.67. The molecule has 208 valence electrons. The summed E-state index contributed by atoms with van der Waals surface area (Å²) in [5.74, 6) is 0. The molecule has 0 spiro atoms. The van der Waals surface area contributed by atoms with Crippen molar-refractivity contribution >= 4 is 10.1 Å². The quantitative estimate of drug-likeness (QED) is 0.0896. The molecule has 4 N–H and O–H groups in total. The fourth-order valence-corrected chi connectivity index (χ4v) is 5.47. The largest absolute Gasteiger partial charge is 0.344 e. The van der Waals surface area contributed by atoms with Gasteiger partial charge in [0, 0.05) is 0 Å². The lowest BCUT2D eigenvalue weighted by atomic mass is 10.0. The predicted molar refractivity (Wildman–Crippen MR) is 147 cm³/mol. The van der Waals surface area contributed by atoms with Crippen LogP contribution in [0, 0.1) is 0 Å². The van der Waals surface area contributed by atoms with Gasteiger partial charge in [-0.1, -0.05) is 149 Å². The van der Waals surface area contributed by atoms with E-state index in [0.717, 1.165) is 38.5 Å². The molecule has 0 radical (unpaired) electrons. The van der Waals surface area contributed by atoms with Gasteiger partial charge in [-0.2, -0.15) is 8.42 Å². The summed E-state index contributed by atoms with van der Waals surface area (Å²) in [6, 6.07) is 0. The van der Waals surface area contributed by atoms with Gasteiger partial charge in [-0.05, 0) is 25.7 Å². The third kappa shape index (κ3) is 21.1. The molecule has 4 nitrogen and oxygen atoms in total. The van der Waals surface area contributed by atoms with Gasteiger partial charge in [0.05, 0.1) is 0 Å². The monoisotopic (exact) mass is 509 g/mol. The van der Waals surface area contributed by atoms with Crippen LogP contribution in [0.15, 0.2) is 0 Å². The highest BCUT2D eigenvalue weighted by atomic mass is 32.2. The van der Waals surface area contributed by atoms with E-state index >= 15 is 4.39 Å². The van der Waals surface area contributed by atoms with Gasteiger partial charge < -0.3 is 6.15 Å². The molecular formula is C28H60FNO3S. The molecule has 0 aliphatic heterocycles. The Morgan fingerprint density at radius 3 is 0.912 bits per heavy atom. The Morgan fingerprint density at radius 1 is 0.500 bits per heavy atom. The average Bonchev–Trinajstić information content (AvgIpc) is 2.77. The molecule has 0 heterocycles. The van der Waals surface area contributed by atoms with Crippen molar-refractivity contribution in [2.45, 2.75) is 179 Å². The Balaban J connectivity index is 0. The van der Waals surface area contributed by atoms with Crippen LogP contribution in [0.3, 0.4) is 0 Å². The minimum absolute atomic E-state index is 0. The maximum absolute atomic E-state index is 15.0. The Labute approximate surface area is 213 Å². The molecule has 0 fully saturated rings. The zero-order chi connectivity index (χ0) is 24.7. The summed E-state index contributed by atoms with van der Waals surface area (Å²) in [7, 11) is -4.66. The van der Waals surface area contributed by atoms with Gasteiger partial charge in [0.25, 0.3) is 10.1 Å². The minimum atomic E-state index is -4.66. The second-order valence-electron chi connectivity index (χ2n) is 10.3. The fraction of sp³-hybridized carbons (Fsp3) is 1.00. The van der Waals surface area contributed by atoms with Crippen LogP contribution in [0.1, 0.15) is 174 Å². The van der Waals surface area contributed by atoms with E-state index in [1.807, 2.05) is 0 Å². The summed E-state index contributed by atoms with van der Waals surface area (Å²) in [4.78, 5) is 0. The van der Waals surface area contributed by atoms with E-state index < -0.39 is 15.1 Å². The number of hydrogen-bond acceptors (Lipinski definition) is 3. The van der Waals surface area contributed by atoms with Gasteiger partial charge in [-0.15, -0.1) is 0 Å². The molecule has 0 saturated carbocycles. The van der Waals surface area contributed by atoms with Gasteiger partial charge in [-0.3, -0.25) is 4.55 Å². The van der Waals surface area contributed by atoms with Crippen LogP contribution in [0.4, 0.5) is 4.39 Å². The topological polar surface area (TPSA) is 89.4 Å². The highest BCUT2D eigenvalue weighted by molar-refractivity contribution is 7.87. The van der Waals surface area contributed by atoms with Crippen LogP contribution in [0.25, 0.3) is 0 Å². The zero-order valence-corrected chi connectivity index (χ0v) is 23.8. The van der Waals surface area contributed by atoms with Gasteiger partial charge in [0.1, 0.15) is 0 Å². The van der Waals surface area contributed by atoms with E-state index in [0.29, 0.717) is 12.8 Å². The summed E-state index contributed by atoms with van der Waals surface area (Å²) in [5.41, 5.74) is 0. The molecule has 1 unspecified atom stereocenters. The molecule has 0 amide bonds. The summed E-state index contributed by atoms with van der Waals surface area (Å²) in [5, 5.41) is -2.45. The van der Waals surface area contributed by atoms with Crippen molar-refractivity contribution in [1.29, 1.82) is 0 Å². The van der Waals surface area contributed by atoms with E-state index in [9.17, 15) is 13.0 Å². The first-order chi connectivity index (χ1) is 15.9. The first kappa shape index (κ1) is 36.0. The number of unbranched alkanes of at least 4 members (excludes halogenated alkanes) is 21. The Morgan fingerprint density at radius 2 is 0.706 bits per heavy atom. The standard InChI is InChI=1S/C28H57FO3S.H3N/c1-3-5-7-9-11-13-14-15-16-17-19-21-23-25-27-28(29,33(30,31)32)26-24-22-20-18-12-10-8-6-4-2;/h3-27H2,1-2H3,(H,30,31,32);1H3. The maximum atomic E-state index is 15.0. The van der Waals surface area contributed by atoms with Crippen molar-refractivity contribution in [2.24, 2.45) is 0 Å². The lowest BCUT2D eigenvalue weighted by molar-refractivity contribution is 0.203. The van der Waals surface area contributed by atoms with Gasteiger partial charge in [-0.25, -0.2) is 4.39 Å². The van der Waals surface area contributed by atoms with Crippen molar-refractivity contribution in [1.82, 2.24) is 6.15 Å². The van der Waals surface area contributed by atoms with E-state index in [1.54, 1.807) is 0 Å². The predicted octanol–water partition coefficient (Wildman–Crippen LogP) is 10.5. The molecular weight excluding hydrogens is 449 g/mol. The van der Waals surface area contributed by atoms with Crippen molar-refractivity contribution in [2.75, 3.05) is 0 Å². The van der Waals surface area contributed by atoms with Crippen LogP contribution in [0.2, 0.25) is 0 Å². The first-order valence-electron chi connectivity index (χ1n) is 14.5. The smallest absolute Gasteiger partial charge is 0.300 e. The SMILES string of the molecule is CCCCCCCCCCCCCCCCC(F)(CCCCCCCCCCC)S(=O)(=O)O.N. The molecule has 6 heteroatoms. The minimum Gasteiger partial charge on any atom is -0.344 e. The van der Waals surface area contributed by atoms with Crippen LogP contribution in [-0.4, -0.2) is 18.0 Å². The Hall–Kier alpha value is -0.200. The Bertz CT molecular complexity index is 516. The number of alkyl halides is 1. The summed E-state index contributed by atoms with van der Waals surface area (Å²) < 4.78 is 47.8. The third-order valence-corrected chi connectivity index (χ3v) is 8.35. The van der Waals surface area contributed by atoms with Gasteiger partial charge in [0.15, 0.2) is 0 Å². The summed E-state index contributed by atoms with van der Waals surface area (Å²) in [6.07, 6.45) is 26.5. The number of rotatable bonds is 26. The third-order valence-electron chi connectivity index (χ3n) is 7.02. The second kappa shape index (κ2) is 24.5. The Kier molecular flexibility index (Phi) is 25.9. The molecule has 0 aromatic heterocycles. The second-order valence-corrected chi connectivity index (χ2v) is 12.0. The number of hydrogen-bond donors (Lipinski definition) is 2. The average molecular weight is 510 g/mol. The zero-order valence-electron chi connectivity index (χ0n) is 22.9. The van der Waals surface area contributed by atoms with Crippen LogP contribution >= 0.6 is 0 Å². The summed E-state index contributed by atoms with van der Waals surface area (Å²) in [6.45, 7) is 4.46. The van der Waals surface area contributed by atoms with Crippen molar-refractivity contribution in [3.05, 3.63) is 0 Å². The lowest BCUT2D eigenvalue weighted by Crippen LogP contribution is -2.33. The molecule has 0 aromatic rings. The molecule has 0 aliphatic rings. The van der Waals surface area contributed by atoms with Crippen molar-refractivity contribution in [3.63, 3.8) is 0 Å². The highest BCUT2D eigenvalue weighted by Crippen LogP contribution is 2.32. The number of halogens is 1. The molecule has 0 saturated heterocycles. The first-order valence-corrected chi connectivity index (χ1v) is 16.0. The van der Waals surface area contributed by atoms with Crippen LogP contribution < -0.4 is 6.15 Å². The van der Waals surface area contributed by atoms with E-state index in [-0.39, 0.29) is 19.0 Å². The molecule has 34 heavy (non-hydrogen) atoms. The molecule has 0 aromatic carbocycles. The van der Waals surface area contributed by atoms with Crippen molar-refractivity contribution in [3.8, 4) is 0 Å². The van der Waals surface area contributed by atoms with Crippen LogP contribution in [0.5, 0.6) is 0 Å². The van der Waals surface area contributed by atoms with Gasteiger partial charge >= 0.3 is 0 Å². The molecule has 0 aliphatic carbocycles. The van der Waals surface area contributed by atoms with E-state index in [2.05, 4.69) is 13.8 Å². The van der Waals surface area contributed by atoms with E-state index in [1.165, 1.54) is 96.3 Å². The van der Waals surface area contributed by atoms with Gasteiger partial charge in [0.2, 0.25) is 5.00 Å². The van der Waals surface area contributed by atoms with E-state index in [4.69, 9.17) is 0 Å². The maximum Gasteiger partial charge on any atom is 0.300 e. The highest BCUT2D eigenvalue weighted by Gasteiger charge is 2.42.